The largest absolute Gasteiger partial charge is 0.416 e. The number of nitrogens with one attached hydrogen (secondary N) is 2. The molecule has 6 nitrogen and oxygen atoms in total. The minimum atomic E-state index is -4.54. The number of carbonyl (C=O) groups excluding carboxylic acids is 2. The van der Waals surface area contributed by atoms with Crippen LogP contribution in [0.5, 0.6) is 0 Å². The number of hydrogen-bond acceptors (Lipinski definition) is 2. The number of urea groups is 2. The van der Waals surface area contributed by atoms with E-state index in [9.17, 15) is 27.2 Å². The zero-order chi connectivity index (χ0) is 21.3. The van der Waals surface area contributed by atoms with Crippen LogP contribution in [-0.2, 0) is 12.6 Å². The molecular formula is C20H22F4N4O2. The maximum atomic E-state index is 14.1. The average Bonchev–Trinajstić information content (AvgIpc) is 2.96. The minimum absolute atomic E-state index is 0.0235. The SMILES string of the molecule is O=C1NCC2(CN(C(=O)N3CC4(CC(Cc5ccc(C(F)(F)F)cc5F)C4)C3)C2)N1. The number of hydrogen-bond donors (Lipinski definition) is 2. The number of halogens is 4. The lowest BCUT2D eigenvalue weighted by Crippen LogP contribution is -2.74. The summed E-state index contributed by atoms with van der Waals surface area (Å²) < 4.78 is 52.0. The predicted octanol–water partition coefficient (Wildman–Crippen LogP) is 2.59. The van der Waals surface area contributed by atoms with Crippen molar-refractivity contribution < 1.29 is 27.2 Å². The molecule has 2 N–H and O–H groups in total. The highest BCUT2D eigenvalue weighted by Crippen LogP contribution is 2.53. The van der Waals surface area contributed by atoms with Crippen LogP contribution in [0.2, 0.25) is 0 Å². The summed E-state index contributed by atoms with van der Waals surface area (Å²) in [4.78, 5) is 27.4. The molecular weight excluding hydrogens is 404 g/mol. The van der Waals surface area contributed by atoms with Crippen LogP contribution in [0.1, 0.15) is 24.0 Å². The molecule has 3 heterocycles. The molecule has 0 bridgehead atoms. The highest BCUT2D eigenvalue weighted by atomic mass is 19.4. The van der Waals surface area contributed by atoms with Crippen molar-refractivity contribution in [1.29, 1.82) is 0 Å². The van der Waals surface area contributed by atoms with Gasteiger partial charge >= 0.3 is 18.2 Å². The van der Waals surface area contributed by atoms with Crippen LogP contribution in [-0.4, -0.2) is 60.1 Å². The van der Waals surface area contributed by atoms with Crippen molar-refractivity contribution >= 4 is 12.1 Å². The lowest BCUT2D eigenvalue weighted by Gasteiger charge is -2.61. The van der Waals surface area contributed by atoms with E-state index >= 15 is 0 Å². The smallest absolute Gasteiger partial charge is 0.336 e. The standard InChI is InChI=1S/C20H22F4N4O2/c21-15-4-14(20(22,23)24)2-1-13(15)3-12-5-18(6-12)8-27(9-18)17(30)28-10-19(11-28)7-25-16(29)26-19/h1-2,4,12H,3,5-11H2,(H2,25,26,29). The van der Waals surface area contributed by atoms with Gasteiger partial charge in [-0.2, -0.15) is 13.2 Å². The summed E-state index contributed by atoms with van der Waals surface area (Å²) in [5, 5.41) is 5.57. The van der Waals surface area contributed by atoms with E-state index in [1.54, 1.807) is 9.80 Å². The lowest BCUT2D eigenvalue weighted by molar-refractivity contribution is -0.137. The zero-order valence-corrected chi connectivity index (χ0v) is 16.2. The van der Waals surface area contributed by atoms with Crippen LogP contribution >= 0.6 is 0 Å². The lowest BCUT2D eigenvalue weighted by atomic mass is 9.56. The molecule has 0 atom stereocenters. The van der Waals surface area contributed by atoms with Gasteiger partial charge in [0.15, 0.2) is 0 Å². The molecule has 1 saturated carbocycles. The molecule has 0 unspecified atom stereocenters. The third kappa shape index (κ3) is 3.16. The fourth-order valence-electron chi connectivity index (χ4n) is 5.46. The fourth-order valence-corrected chi connectivity index (χ4v) is 5.46. The Labute approximate surface area is 170 Å². The molecule has 162 valence electrons. The van der Waals surface area contributed by atoms with Crippen LogP contribution in [0.4, 0.5) is 27.2 Å². The number of rotatable bonds is 2. The molecule has 5 rings (SSSR count). The Morgan fingerprint density at radius 3 is 2.37 bits per heavy atom. The van der Waals surface area contributed by atoms with Crippen LogP contribution in [0.25, 0.3) is 0 Å². The summed E-state index contributed by atoms with van der Waals surface area (Å²) in [7, 11) is 0. The van der Waals surface area contributed by atoms with Gasteiger partial charge in [-0.1, -0.05) is 6.07 Å². The number of likely N-dealkylation sites (tertiary alicyclic amines) is 2. The number of carbonyl (C=O) groups is 2. The Bertz CT molecular complexity index is 899. The molecule has 1 aromatic rings. The highest BCUT2D eigenvalue weighted by molar-refractivity contribution is 5.81. The van der Waals surface area contributed by atoms with Crippen LogP contribution < -0.4 is 10.6 Å². The topological polar surface area (TPSA) is 64.7 Å². The summed E-state index contributed by atoms with van der Waals surface area (Å²) in [5.41, 5.74) is -0.923. The van der Waals surface area contributed by atoms with Crippen molar-refractivity contribution in [3.63, 3.8) is 0 Å². The molecule has 1 aromatic carbocycles. The summed E-state index contributed by atoms with van der Waals surface area (Å²) in [5.74, 6) is -0.586. The van der Waals surface area contributed by atoms with Gasteiger partial charge in [0.05, 0.1) is 11.1 Å². The maximum Gasteiger partial charge on any atom is 0.416 e. The summed E-state index contributed by atoms with van der Waals surface area (Å²) in [6.45, 7) is 2.85. The fraction of sp³-hybridized carbons (Fsp3) is 0.600. The van der Waals surface area contributed by atoms with Crippen LogP contribution in [0.3, 0.4) is 0 Å². The second-order valence-corrected chi connectivity index (χ2v) is 9.37. The highest BCUT2D eigenvalue weighted by Gasteiger charge is 2.56. The molecule has 1 aliphatic carbocycles. The Kier molecular flexibility index (Phi) is 4.05. The first kappa shape index (κ1) is 19.4. The van der Waals surface area contributed by atoms with Crippen molar-refractivity contribution in [2.45, 2.75) is 31.0 Å². The molecule has 4 fully saturated rings. The van der Waals surface area contributed by atoms with Gasteiger partial charge in [0.25, 0.3) is 0 Å². The molecule has 2 spiro atoms. The number of amides is 4. The first-order valence-corrected chi connectivity index (χ1v) is 10.0. The first-order valence-electron chi connectivity index (χ1n) is 10.0. The summed E-state index contributed by atoms with van der Waals surface area (Å²) in [6.07, 6.45) is -2.43. The van der Waals surface area contributed by atoms with Gasteiger partial charge in [0, 0.05) is 38.1 Å². The van der Waals surface area contributed by atoms with E-state index in [0.717, 1.165) is 18.9 Å². The Hall–Kier alpha value is -2.52. The van der Waals surface area contributed by atoms with Gasteiger partial charge in [0.1, 0.15) is 5.82 Å². The Morgan fingerprint density at radius 2 is 1.80 bits per heavy atom. The molecule has 10 heteroatoms. The third-order valence-corrected chi connectivity index (χ3v) is 6.88. The first-order chi connectivity index (χ1) is 14.1. The van der Waals surface area contributed by atoms with Crippen molar-refractivity contribution in [2.24, 2.45) is 11.3 Å². The molecule has 3 aliphatic heterocycles. The van der Waals surface area contributed by atoms with E-state index in [2.05, 4.69) is 10.6 Å². The third-order valence-electron chi connectivity index (χ3n) is 6.88. The van der Waals surface area contributed by atoms with E-state index in [0.29, 0.717) is 50.8 Å². The molecule has 4 aliphatic rings. The van der Waals surface area contributed by atoms with Crippen LogP contribution in [0, 0.1) is 17.2 Å². The van der Waals surface area contributed by atoms with E-state index in [1.165, 1.54) is 6.07 Å². The van der Waals surface area contributed by atoms with E-state index in [-0.39, 0.29) is 28.9 Å². The second-order valence-electron chi connectivity index (χ2n) is 9.37. The predicted molar refractivity (Wildman–Crippen MR) is 98.1 cm³/mol. The quantitative estimate of drug-likeness (QED) is 0.715. The number of benzene rings is 1. The van der Waals surface area contributed by atoms with Crippen molar-refractivity contribution in [1.82, 2.24) is 20.4 Å². The zero-order valence-electron chi connectivity index (χ0n) is 16.2. The van der Waals surface area contributed by atoms with Gasteiger partial charge < -0.3 is 20.4 Å². The van der Waals surface area contributed by atoms with Gasteiger partial charge in [-0.05, 0) is 42.9 Å². The van der Waals surface area contributed by atoms with Gasteiger partial charge in [-0.3, -0.25) is 0 Å². The minimum Gasteiger partial charge on any atom is -0.336 e. The van der Waals surface area contributed by atoms with E-state index in [1.807, 2.05) is 0 Å². The number of nitrogens with zero attached hydrogens (tertiary/aromatic N) is 2. The molecule has 30 heavy (non-hydrogen) atoms. The molecule has 3 saturated heterocycles. The number of alkyl halides is 3. The maximum absolute atomic E-state index is 14.1. The summed E-state index contributed by atoms with van der Waals surface area (Å²) >= 11 is 0. The van der Waals surface area contributed by atoms with Gasteiger partial charge in [-0.15, -0.1) is 0 Å². The second kappa shape index (κ2) is 6.24. The van der Waals surface area contributed by atoms with E-state index in [4.69, 9.17) is 0 Å². The Balaban J connectivity index is 1.09. The van der Waals surface area contributed by atoms with Gasteiger partial charge in [-0.25, -0.2) is 14.0 Å². The van der Waals surface area contributed by atoms with Crippen molar-refractivity contribution in [3.05, 3.63) is 35.1 Å². The Morgan fingerprint density at radius 1 is 1.13 bits per heavy atom. The van der Waals surface area contributed by atoms with Crippen molar-refractivity contribution in [2.75, 3.05) is 32.7 Å². The van der Waals surface area contributed by atoms with Crippen molar-refractivity contribution in [3.8, 4) is 0 Å². The van der Waals surface area contributed by atoms with Crippen LogP contribution in [0.15, 0.2) is 18.2 Å². The summed E-state index contributed by atoms with van der Waals surface area (Å²) in [6, 6.07) is 2.50. The van der Waals surface area contributed by atoms with Gasteiger partial charge in [0.2, 0.25) is 0 Å². The molecule has 0 aromatic heterocycles. The average molecular weight is 426 g/mol. The molecule has 4 amide bonds. The normalized spacial score (nSPS) is 24.2. The molecule has 0 radical (unpaired) electrons. The van der Waals surface area contributed by atoms with E-state index < -0.39 is 17.6 Å². The monoisotopic (exact) mass is 426 g/mol.